The molecule has 1 aromatic carbocycles. The van der Waals surface area contributed by atoms with E-state index in [4.69, 9.17) is 4.74 Å². The maximum absolute atomic E-state index is 12.7. The molecule has 1 saturated heterocycles. The van der Waals surface area contributed by atoms with Gasteiger partial charge in [-0.2, -0.15) is 0 Å². The number of carbonyl (C=O) groups is 2. The van der Waals surface area contributed by atoms with Gasteiger partial charge in [0.05, 0.1) is 0 Å². The zero-order valence-electron chi connectivity index (χ0n) is 21.0. The summed E-state index contributed by atoms with van der Waals surface area (Å²) in [6.45, 7) is 11.2. The van der Waals surface area contributed by atoms with Crippen molar-refractivity contribution in [3.05, 3.63) is 41.5 Å². The summed E-state index contributed by atoms with van der Waals surface area (Å²) >= 11 is 0. The average Bonchev–Trinajstić information content (AvgIpc) is 3.50. The fourth-order valence-corrected chi connectivity index (χ4v) is 5.92. The second kappa shape index (κ2) is 9.15. The van der Waals surface area contributed by atoms with E-state index in [1.165, 1.54) is 11.1 Å². The molecule has 180 valence electrons. The van der Waals surface area contributed by atoms with E-state index in [1.807, 2.05) is 31.7 Å². The highest BCUT2D eigenvalue weighted by Gasteiger charge is 2.54. The molecule has 0 aromatic heterocycles. The van der Waals surface area contributed by atoms with Gasteiger partial charge in [0, 0.05) is 38.0 Å². The maximum atomic E-state index is 12.7. The molecule has 2 atom stereocenters. The minimum absolute atomic E-state index is 0.197. The molecule has 0 radical (unpaired) electrons. The second-order valence-electron chi connectivity index (χ2n) is 11.3. The Hall–Kier alpha value is -2.30. The molecule has 2 aliphatic carbocycles. The quantitative estimate of drug-likeness (QED) is 0.559. The molecule has 3 aliphatic rings. The molecule has 1 heterocycles. The smallest absolute Gasteiger partial charge is 0.410 e. The molecular formula is C28H40N2O3. The van der Waals surface area contributed by atoms with Crippen LogP contribution in [0.4, 0.5) is 4.79 Å². The molecule has 4 rings (SSSR count). The van der Waals surface area contributed by atoms with Crippen LogP contribution in [0.15, 0.2) is 35.9 Å². The zero-order valence-corrected chi connectivity index (χ0v) is 21.0. The van der Waals surface area contributed by atoms with Gasteiger partial charge in [-0.3, -0.25) is 4.79 Å². The Labute approximate surface area is 199 Å². The highest BCUT2D eigenvalue weighted by molar-refractivity contribution is 5.75. The molecule has 0 bridgehead atoms. The van der Waals surface area contributed by atoms with Crippen LogP contribution in [-0.4, -0.2) is 52.6 Å². The van der Waals surface area contributed by atoms with Crippen LogP contribution in [0.3, 0.4) is 0 Å². The number of ether oxygens (including phenoxy) is 1. The van der Waals surface area contributed by atoms with Gasteiger partial charge in [0.15, 0.2) is 0 Å². The van der Waals surface area contributed by atoms with E-state index in [0.29, 0.717) is 18.0 Å². The van der Waals surface area contributed by atoms with E-state index in [1.54, 1.807) is 6.92 Å². The highest BCUT2D eigenvalue weighted by Crippen LogP contribution is 2.54. The lowest BCUT2D eigenvalue weighted by molar-refractivity contribution is -0.139. The summed E-state index contributed by atoms with van der Waals surface area (Å²) < 4.78 is 5.54. The van der Waals surface area contributed by atoms with E-state index in [0.717, 1.165) is 51.6 Å². The van der Waals surface area contributed by atoms with Crippen molar-refractivity contribution in [2.24, 2.45) is 11.3 Å². The lowest BCUT2D eigenvalue weighted by atomic mass is 9.60. The summed E-state index contributed by atoms with van der Waals surface area (Å²) in [5.74, 6) is 0.702. The van der Waals surface area contributed by atoms with E-state index in [2.05, 4.69) is 42.2 Å². The number of amides is 2. The zero-order chi connectivity index (χ0) is 23.8. The van der Waals surface area contributed by atoms with Crippen molar-refractivity contribution in [2.45, 2.75) is 90.8 Å². The molecule has 1 aliphatic heterocycles. The van der Waals surface area contributed by atoms with Gasteiger partial charge in [-0.15, -0.1) is 0 Å². The van der Waals surface area contributed by atoms with Gasteiger partial charge < -0.3 is 14.5 Å². The van der Waals surface area contributed by atoms with Crippen molar-refractivity contribution < 1.29 is 14.3 Å². The van der Waals surface area contributed by atoms with Gasteiger partial charge in [-0.1, -0.05) is 48.9 Å². The summed E-state index contributed by atoms with van der Waals surface area (Å²) in [7, 11) is 0. The van der Waals surface area contributed by atoms with Gasteiger partial charge in [0.1, 0.15) is 5.60 Å². The Balaban J connectivity index is 1.33. The third-order valence-electron chi connectivity index (χ3n) is 7.72. The molecule has 0 unspecified atom stereocenters. The molecule has 5 heteroatoms. The Morgan fingerprint density at radius 1 is 1.15 bits per heavy atom. The van der Waals surface area contributed by atoms with Crippen LogP contribution in [0, 0.1) is 11.3 Å². The van der Waals surface area contributed by atoms with Crippen molar-refractivity contribution in [3.63, 3.8) is 0 Å². The number of benzene rings is 1. The second-order valence-corrected chi connectivity index (χ2v) is 11.3. The minimum atomic E-state index is -0.455. The van der Waals surface area contributed by atoms with Crippen molar-refractivity contribution in [3.8, 4) is 0 Å². The monoisotopic (exact) mass is 452 g/mol. The van der Waals surface area contributed by atoms with Crippen molar-refractivity contribution >= 4 is 18.1 Å². The molecule has 1 aromatic rings. The van der Waals surface area contributed by atoms with Crippen LogP contribution >= 0.6 is 0 Å². The Morgan fingerprint density at radius 3 is 2.33 bits per heavy atom. The summed E-state index contributed by atoms with van der Waals surface area (Å²) in [5, 5.41) is 0. The average molecular weight is 453 g/mol. The van der Waals surface area contributed by atoms with E-state index in [-0.39, 0.29) is 17.4 Å². The third-order valence-corrected chi connectivity index (χ3v) is 7.72. The Kier molecular flexibility index (Phi) is 6.61. The molecule has 3 fully saturated rings. The van der Waals surface area contributed by atoms with Crippen molar-refractivity contribution in [1.29, 1.82) is 0 Å². The summed E-state index contributed by atoms with van der Waals surface area (Å²) in [5.41, 5.74) is 2.53. The van der Waals surface area contributed by atoms with Gasteiger partial charge >= 0.3 is 6.09 Å². The number of rotatable bonds is 5. The van der Waals surface area contributed by atoms with Crippen LogP contribution in [0.5, 0.6) is 0 Å². The number of nitrogens with zero attached hydrogens (tertiary/aromatic N) is 2. The van der Waals surface area contributed by atoms with Gasteiger partial charge in [-0.25, -0.2) is 4.79 Å². The van der Waals surface area contributed by atoms with Crippen molar-refractivity contribution in [1.82, 2.24) is 9.80 Å². The number of carbonyl (C=O) groups excluding carboxylic acids is 2. The molecular weight excluding hydrogens is 412 g/mol. The molecule has 33 heavy (non-hydrogen) atoms. The predicted octanol–water partition coefficient (Wildman–Crippen LogP) is 5.90. The van der Waals surface area contributed by atoms with Gasteiger partial charge in [0.2, 0.25) is 5.91 Å². The lowest BCUT2D eigenvalue weighted by Crippen LogP contribution is -2.57. The molecule has 2 saturated carbocycles. The van der Waals surface area contributed by atoms with E-state index >= 15 is 0 Å². The first-order valence-corrected chi connectivity index (χ1v) is 12.6. The largest absolute Gasteiger partial charge is 0.444 e. The third kappa shape index (κ3) is 5.44. The SMILES string of the molecule is CC/C(=C\c1ccccc1)[C@@H]1C[C@H]1N(C(C)=O)C1CC2(CCN(C(=O)OC(C)(C)C)CC2)C1. The Bertz CT molecular complexity index is 885. The topological polar surface area (TPSA) is 49.9 Å². The fraction of sp³-hybridized carbons (Fsp3) is 0.643. The predicted molar refractivity (Wildman–Crippen MR) is 132 cm³/mol. The summed E-state index contributed by atoms with van der Waals surface area (Å²) in [4.78, 5) is 29.1. The molecule has 1 spiro atoms. The number of hydrogen-bond acceptors (Lipinski definition) is 3. The van der Waals surface area contributed by atoms with Gasteiger partial charge in [0.25, 0.3) is 0 Å². The van der Waals surface area contributed by atoms with Crippen LogP contribution in [-0.2, 0) is 9.53 Å². The molecule has 5 nitrogen and oxygen atoms in total. The van der Waals surface area contributed by atoms with Crippen LogP contribution in [0.25, 0.3) is 6.08 Å². The standard InChI is InChI=1S/C28H40N2O3/c1-6-22(16-21-10-8-7-9-11-21)24-17-25(24)30(20(2)31)23-18-28(19-23)12-14-29(15-13-28)26(32)33-27(3,4)5/h7-11,16,23-25H,6,12-15,17-19H2,1-5H3/b22-16+/t24-,25+/m0/s1. The fourth-order valence-electron chi connectivity index (χ4n) is 5.92. The number of piperidine rings is 1. The molecule has 2 amide bonds. The minimum Gasteiger partial charge on any atom is -0.444 e. The first-order valence-electron chi connectivity index (χ1n) is 12.6. The van der Waals surface area contributed by atoms with Crippen molar-refractivity contribution in [2.75, 3.05) is 13.1 Å². The molecule has 0 N–H and O–H groups in total. The summed E-state index contributed by atoms with van der Waals surface area (Å²) in [6.07, 6.45) is 8.39. The van der Waals surface area contributed by atoms with E-state index in [9.17, 15) is 9.59 Å². The Morgan fingerprint density at radius 2 is 1.79 bits per heavy atom. The number of hydrogen-bond donors (Lipinski definition) is 0. The van der Waals surface area contributed by atoms with Crippen LogP contribution in [0.1, 0.15) is 78.7 Å². The maximum Gasteiger partial charge on any atom is 0.410 e. The van der Waals surface area contributed by atoms with Crippen LogP contribution in [0.2, 0.25) is 0 Å². The lowest BCUT2D eigenvalue weighted by Gasteiger charge is -2.55. The highest BCUT2D eigenvalue weighted by atomic mass is 16.6. The number of likely N-dealkylation sites (tertiary alicyclic amines) is 1. The van der Waals surface area contributed by atoms with E-state index < -0.39 is 5.60 Å². The van der Waals surface area contributed by atoms with Crippen LogP contribution < -0.4 is 0 Å². The first-order chi connectivity index (χ1) is 15.6. The van der Waals surface area contributed by atoms with Gasteiger partial charge in [-0.05, 0) is 70.3 Å². The first kappa shape index (κ1) is 23.8. The summed E-state index contributed by atoms with van der Waals surface area (Å²) in [6, 6.07) is 11.2. The normalized spacial score (nSPS) is 24.9.